The molecule has 0 rings (SSSR count). The molecule has 0 aliphatic carbocycles. The fraction of sp³-hybridized carbons (Fsp3) is 0.700. The molecule has 1 unspecified atom stereocenters. The van der Waals surface area contributed by atoms with Crippen LogP contribution in [0.2, 0.25) is 0 Å². The predicted octanol–water partition coefficient (Wildman–Crippen LogP) is 1.05. The maximum Gasteiger partial charge on any atom is 0.303 e. The van der Waals surface area contributed by atoms with Crippen LogP contribution in [0.3, 0.4) is 0 Å². The summed E-state index contributed by atoms with van der Waals surface area (Å²) in [5.74, 6) is -0.962. The van der Waals surface area contributed by atoms with Gasteiger partial charge in [-0.2, -0.15) is 5.26 Å². The number of carboxylic acid groups (broad SMARTS) is 1. The molecule has 5 nitrogen and oxygen atoms in total. The standard InChI is InChI=1S/C10H16N2O3/c1-8(6-7-11)12-9(13)4-2-3-5-10(14)15/h8H,2-6H2,1H3,(H,12,13)(H,14,15). The van der Waals surface area contributed by atoms with Crippen molar-refractivity contribution >= 4 is 11.9 Å². The number of carbonyl (C=O) groups is 2. The lowest BCUT2D eigenvalue weighted by molar-refractivity contribution is -0.137. The highest BCUT2D eigenvalue weighted by Crippen LogP contribution is 2.00. The fourth-order valence-electron chi connectivity index (χ4n) is 1.10. The van der Waals surface area contributed by atoms with Gasteiger partial charge in [0.25, 0.3) is 0 Å². The molecule has 0 saturated heterocycles. The minimum absolute atomic E-state index is 0.0982. The number of aliphatic carboxylic acids is 1. The maximum absolute atomic E-state index is 11.2. The van der Waals surface area contributed by atoms with E-state index in [2.05, 4.69) is 5.32 Å². The van der Waals surface area contributed by atoms with Gasteiger partial charge in [-0.15, -0.1) is 0 Å². The van der Waals surface area contributed by atoms with Gasteiger partial charge in [0.1, 0.15) is 0 Å². The highest BCUT2D eigenvalue weighted by atomic mass is 16.4. The number of rotatable bonds is 7. The van der Waals surface area contributed by atoms with Crippen LogP contribution in [0.1, 0.15) is 39.0 Å². The third-order valence-corrected chi connectivity index (χ3v) is 1.85. The van der Waals surface area contributed by atoms with Gasteiger partial charge in [0.2, 0.25) is 5.91 Å². The molecule has 2 N–H and O–H groups in total. The van der Waals surface area contributed by atoms with Gasteiger partial charge in [0.15, 0.2) is 0 Å². The normalized spacial score (nSPS) is 11.5. The molecule has 1 amide bonds. The molecule has 0 fully saturated rings. The average Bonchev–Trinajstić information content (AvgIpc) is 2.12. The third kappa shape index (κ3) is 8.75. The van der Waals surface area contributed by atoms with Gasteiger partial charge in [-0.1, -0.05) is 0 Å². The summed E-state index contributed by atoms with van der Waals surface area (Å²) in [6, 6.07) is 1.83. The van der Waals surface area contributed by atoms with Crippen LogP contribution in [0, 0.1) is 11.3 Å². The first-order chi connectivity index (χ1) is 7.06. The molecular weight excluding hydrogens is 196 g/mol. The highest BCUT2D eigenvalue weighted by molar-refractivity contribution is 5.76. The highest BCUT2D eigenvalue weighted by Gasteiger charge is 2.06. The van der Waals surface area contributed by atoms with Crippen LogP contribution in [-0.4, -0.2) is 23.0 Å². The first-order valence-corrected chi connectivity index (χ1v) is 4.94. The van der Waals surface area contributed by atoms with Crippen molar-refractivity contribution in [1.29, 1.82) is 5.26 Å². The fourth-order valence-corrected chi connectivity index (χ4v) is 1.10. The van der Waals surface area contributed by atoms with Crippen LogP contribution in [-0.2, 0) is 9.59 Å². The summed E-state index contributed by atoms with van der Waals surface area (Å²) in [4.78, 5) is 21.4. The Morgan fingerprint density at radius 1 is 1.40 bits per heavy atom. The molecule has 0 spiro atoms. The van der Waals surface area contributed by atoms with Gasteiger partial charge in [0, 0.05) is 18.9 Å². The minimum Gasteiger partial charge on any atom is -0.481 e. The number of amides is 1. The molecule has 0 radical (unpaired) electrons. The second-order valence-corrected chi connectivity index (χ2v) is 3.43. The number of nitriles is 1. The largest absolute Gasteiger partial charge is 0.481 e. The van der Waals surface area contributed by atoms with Gasteiger partial charge in [-0.25, -0.2) is 0 Å². The second kappa shape index (κ2) is 7.80. The Morgan fingerprint density at radius 3 is 2.53 bits per heavy atom. The zero-order valence-corrected chi connectivity index (χ0v) is 8.82. The van der Waals surface area contributed by atoms with E-state index in [0.717, 1.165) is 0 Å². The quantitative estimate of drug-likeness (QED) is 0.617. The molecule has 1 atom stereocenters. The SMILES string of the molecule is CC(CC#N)NC(=O)CCCCC(=O)O. The summed E-state index contributed by atoms with van der Waals surface area (Å²) < 4.78 is 0. The van der Waals surface area contributed by atoms with Crippen molar-refractivity contribution < 1.29 is 14.7 Å². The van der Waals surface area contributed by atoms with Crippen LogP contribution >= 0.6 is 0 Å². The van der Waals surface area contributed by atoms with E-state index in [0.29, 0.717) is 25.7 Å². The summed E-state index contributed by atoms with van der Waals surface area (Å²) in [6.07, 6.45) is 1.79. The van der Waals surface area contributed by atoms with Crippen molar-refractivity contribution in [2.75, 3.05) is 0 Å². The van der Waals surface area contributed by atoms with Crippen molar-refractivity contribution in [3.8, 4) is 6.07 Å². The average molecular weight is 212 g/mol. The van der Waals surface area contributed by atoms with E-state index >= 15 is 0 Å². The van der Waals surface area contributed by atoms with E-state index in [-0.39, 0.29) is 18.4 Å². The Kier molecular flexibility index (Phi) is 6.98. The van der Waals surface area contributed by atoms with Crippen LogP contribution < -0.4 is 5.32 Å². The van der Waals surface area contributed by atoms with E-state index in [4.69, 9.17) is 10.4 Å². The van der Waals surface area contributed by atoms with Gasteiger partial charge in [-0.3, -0.25) is 9.59 Å². The molecule has 0 aliphatic heterocycles. The van der Waals surface area contributed by atoms with Gasteiger partial charge in [0.05, 0.1) is 12.5 Å². The lowest BCUT2D eigenvalue weighted by Gasteiger charge is -2.09. The Bertz CT molecular complexity index is 258. The molecule has 5 heteroatoms. The van der Waals surface area contributed by atoms with Crippen molar-refractivity contribution in [1.82, 2.24) is 5.32 Å². The molecule has 15 heavy (non-hydrogen) atoms. The molecule has 0 aromatic heterocycles. The van der Waals surface area contributed by atoms with Crippen molar-refractivity contribution in [2.45, 2.75) is 45.1 Å². The second-order valence-electron chi connectivity index (χ2n) is 3.43. The Balaban J connectivity index is 3.50. The summed E-state index contributed by atoms with van der Waals surface area (Å²) in [6.45, 7) is 1.76. The van der Waals surface area contributed by atoms with Crippen molar-refractivity contribution in [2.24, 2.45) is 0 Å². The topological polar surface area (TPSA) is 90.2 Å². The zero-order chi connectivity index (χ0) is 11.7. The first kappa shape index (κ1) is 13.4. The first-order valence-electron chi connectivity index (χ1n) is 4.94. The van der Waals surface area contributed by atoms with Crippen LogP contribution in [0.15, 0.2) is 0 Å². The van der Waals surface area contributed by atoms with Crippen LogP contribution in [0.25, 0.3) is 0 Å². The van der Waals surface area contributed by atoms with Crippen LogP contribution in [0.4, 0.5) is 0 Å². The molecule has 0 bridgehead atoms. The smallest absolute Gasteiger partial charge is 0.303 e. The maximum atomic E-state index is 11.2. The third-order valence-electron chi connectivity index (χ3n) is 1.85. The minimum atomic E-state index is -0.840. The monoisotopic (exact) mass is 212 g/mol. The lowest BCUT2D eigenvalue weighted by Crippen LogP contribution is -2.31. The van der Waals surface area contributed by atoms with Crippen LogP contribution in [0.5, 0.6) is 0 Å². The van der Waals surface area contributed by atoms with Gasteiger partial charge >= 0.3 is 5.97 Å². The Morgan fingerprint density at radius 2 is 2.00 bits per heavy atom. The number of unbranched alkanes of at least 4 members (excludes halogenated alkanes) is 1. The van der Waals surface area contributed by atoms with E-state index in [1.165, 1.54) is 0 Å². The number of nitrogens with one attached hydrogen (secondary N) is 1. The van der Waals surface area contributed by atoms with Crippen molar-refractivity contribution in [3.63, 3.8) is 0 Å². The van der Waals surface area contributed by atoms with E-state index in [9.17, 15) is 9.59 Å². The van der Waals surface area contributed by atoms with Gasteiger partial charge < -0.3 is 10.4 Å². The summed E-state index contributed by atoms with van der Waals surface area (Å²) >= 11 is 0. The summed E-state index contributed by atoms with van der Waals surface area (Å²) in [7, 11) is 0. The number of carboxylic acids is 1. The summed E-state index contributed by atoms with van der Waals surface area (Å²) in [5.41, 5.74) is 0. The molecule has 0 aromatic carbocycles. The summed E-state index contributed by atoms with van der Waals surface area (Å²) in [5, 5.41) is 19.4. The number of hydrogen-bond acceptors (Lipinski definition) is 3. The molecule has 84 valence electrons. The molecule has 0 saturated carbocycles. The van der Waals surface area contributed by atoms with E-state index in [1.807, 2.05) is 6.07 Å². The molecular formula is C10H16N2O3. The zero-order valence-electron chi connectivity index (χ0n) is 8.82. The van der Waals surface area contributed by atoms with E-state index in [1.54, 1.807) is 6.92 Å². The molecule has 0 aromatic rings. The Labute approximate surface area is 89.1 Å². The number of hydrogen-bond donors (Lipinski definition) is 2. The number of carbonyl (C=O) groups excluding carboxylic acids is 1. The lowest BCUT2D eigenvalue weighted by atomic mass is 10.1. The van der Waals surface area contributed by atoms with Gasteiger partial charge in [-0.05, 0) is 19.8 Å². The molecule has 0 heterocycles. The molecule has 0 aliphatic rings. The van der Waals surface area contributed by atoms with E-state index < -0.39 is 5.97 Å². The predicted molar refractivity (Wildman–Crippen MR) is 53.9 cm³/mol. The van der Waals surface area contributed by atoms with Crippen molar-refractivity contribution in [3.05, 3.63) is 0 Å². The number of nitrogens with zero attached hydrogens (tertiary/aromatic N) is 1. The Hall–Kier alpha value is -1.57.